The van der Waals surface area contributed by atoms with E-state index in [9.17, 15) is 9.59 Å². The van der Waals surface area contributed by atoms with E-state index in [4.69, 9.17) is 9.47 Å². The Morgan fingerprint density at radius 3 is 2.06 bits per heavy atom. The summed E-state index contributed by atoms with van der Waals surface area (Å²) in [6, 6.07) is 11.0. The molecule has 0 saturated heterocycles. The van der Waals surface area contributed by atoms with Crippen molar-refractivity contribution in [2.75, 3.05) is 26.3 Å². The van der Waals surface area contributed by atoms with Gasteiger partial charge >= 0.3 is 12.1 Å². The summed E-state index contributed by atoms with van der Waals surface area (Å²) in [6.45, 7) is 7.12. The first-order chi connectivity index (χ1) is 16.5. The molecular weight excluding hydrogens is 464 g/mol. The molecule has 1 unspecified atom stereocenters. The minimum atomic E-state index is -0.485. The Morgan fingerprint density at radius 2 is 1.43 bits per heavy atom. The molecule has 1 aromatic rings. The Kier molecular flexibility index (Phi) is 21.5. The van der Waals surface area contributed by atoms with Crippen LogP contribution in [0.15, 0.2) is 30.3 Å². The average Bonchev–Trinajstić information content (AvgIpc) is 2.83. The molecule has 35 heavy (non-hydrogen) atoms. The highest BCUT2D eigenvalue weighted by Crippen LogP contribution is 2.13. The highest BCUT2D eigenvalue weighted by Gasteiger charge is 2.11. The second-order valence-corrected chi connectivity index (χ2v) is 9.34. The van der Waals surface area contributed by atoms with Crippen LogP contribution >= 0.6 is 12.4 Å². The number of nitrogens with one attached hydrogen (secondary N) is 2. The van der Waals surface area contributed by atoms with Crippen molar-refractivity contribution < 1.29 is 19.1 Å². The Balaban J connectivity index is 0.0000116. The number of amides is 1. The van der Waals surface area contributed by atoms with Crippen LogP contribution in [0.3, 0.4) is 0 Å². The first-order valence-corrected chi connectivity index (χ1v) is 13.4. The molecule has 6 nitrogen and oxygen atoms in total. The predicted molar refractivity (Wildman–Crippen MR) is 146 cm³/mol. The first kappa shape index (κ1) is 33.2. The molecule has 0 radical (unpaired) electrons. The van der Waals surface area contributed by atoms with Gasteiger partial charge in [-0.2, -0.15) is 0 Å². The standard InChI is InChI=1S/C28H48N2O4.ClH/c1-4-5-6-7-8-9-10-11-15-18-26(23-25-16-13-12-14-17-25)29-19-20-30-28(32)34-22-21-33-27(31)24(2)3;/h12-14,16-17,24,26,29H,4-11,15,18-23H2,1-3H3,(H,30,32);1H. The maximum Gasteiger partial charge on any atom is 0.407 e. The summed E-state index contributed by atoms with van der Waals surface area (Å²) in [6.07, 6.45) is 13.6. The van der Waals surface area contributed by atoms with E-state index in [2.05, 4.69) is 41.8 Å². The van der Waals surface area contributed by atoms with Gasteiger partial charge < -0.3 is 20.1 Å². The van der Waals surface area contributed by atoms with Crippen molar-refractivity contribution in [3.8, 4) is 0 Å². The first-order valence-electron chi connectivity index (χ1n) is 13.4. The SMILES string of the molecule is CCCCCCCCCCCC(Cc1ccccc1)NCCNC(=O)OCCOC(=O)C(C)C.Cl. The quantitative estimate of drug-likeness (QED) is 0.155. The number of hydrogen-bond acceptors (Lipinski definition) is 5. The minimum Gasteiger partial charge on any atom is -0.462 e. The molecular formula is C28H49ClN2O4. The molecule has 0 fully saturated rings. The molecule has 1 rings (SSSR count). The van der Waals surface area contributed by atoms with Crippen molar-refractivity contribution in [1.29, 1.82) is 0 Å². The zero-order valence-electron chi connectivity index (χ0n) is 22.2. The minimum absolute atomic E-state index is 0. The van der Waals surface area contributed by atoms with Gasteiger partial charge in [0.05, 0.1) is 5.92 Å². The van der Waals surface area contributed by atoms with Crippen LogP contribution in [0.2, 0.25) is 0 Å². The van der Waals surface area contributed by atoms with Crippen molar-refractivity contribution in [3.05, 3.63) is 35.9 Å². The fraction of sp³-hybridized carbons (Fsp3) is 0.714. The second-order valence-electron chi connectivity index (χ2n) is 9.34. The molecule has 0 spiro atoms. The van der Waals surface area contributed by atoms with Gasteiger partial charge in [-0.05, 0) is 18.4 Å². The van der Waals surface area contributed by atoms with E-state index in [0.717, 1.165) is 12.8 Å². The highest BCUT2D eigenvalue weighted by molar-refractivity contribution is 5.85. The van der Waals surface area contributed by atoms with E-state index in [0.29, 0.717) is 19.1 Å². The van der Waals surface area contributed by atoms with Gasteiger partial charge in [0, 0.05) is 19.1 Å². The van der Waals surface area contributed by atoms with Gasteiger partial charge in [-0.1, -0.05) is 109 Å². The number of carbonyl (C=O) groups is 2. The number of ether oxygens (including phenoxy) is 2. The molecule has 1 atom stereocenters. The number of halogens is 1. The van der Waals surface area contributed by atoms with E-state index in [-0.39, 0.29) is 37.5 Å². The normalized spacial score (nSPS) is 11.5. The summed E-state index contributed by atoms with van der Waals surface area (Å²) in [7, 11) is 0. The molecule has 0 aliphatic carbocycles. The summed E-state index contributed by atoms with van der Waals surface area (Å²) in [5.41, 5.74) is 1.33. The molecule has 1 aromatic carbocycles. The molecule has 0 bridgehead atoms. The molecule has 2 N–H and O–H groups in total. The summed E-state index contributed by atoms with van der Waals surface area (Å²) < 4.78 is 10.0. The van der Waals surface area contributed by atoms with E-state index in [1.54, 1.807) is 13.8 Å². The Morgan fingerprint density at radius 1 is 0.829 bits per heavy atom. The zero-order chi connectivity index (χ0) is 24.9. The van der Waals surface area contributed by atoms with Crippen molar-refractivity contribution in [1.82, 2.24) is 10.6 Å². The Hall–Kier alpha value is -1.79. The number of hydrogen-bond donors (Lipinski definition) is 2. The summed E-state index contributed by atoms with van der Waals surface area (Å²) in [5.74, 6) is -0.469. The highest BCUT2D eigenvalue weighted by atomic mass is 35.5. The van der Waals surface area contributed by atoms with E-state index >= 15 is 0 Å². The van der Waals surface area contributed by atoms with Crippen LogP contribution in [0.4, 0.5) is 4.79 Å². The maximum atomic E-state index is 11.8. The molecule has 1 amide bonds. The van der Waals surface area contributed by atoms with Gasteiger partial charge in [-0.3, -0.25) is 4.79 Å². The number of alkyl carbamates (subject to hydrolysis) is 1. The van der Waals surface area contributed by atoms with Crippen LogP contribution < -0.4 is 10.6 Å². The Labute approximate surface area is 219 Å². The average molecular weight is 513 g/mol. The third-order valence-electron chi connectivity index (χ3n) is 5.84. The molecule has 0 aliphatic heterocycles. The lowest BCUT2D eigenvalue weighted by Crippen LogP contribution is -2.38. The third kappa shape index (κ3) is 19.1. The van der Waals surface area contributed by atoms with Gasteiger partial charge in [0.15, 0.2) is 0 Å². The van der Waals surface area contributed by atoms with Crippen LogP contribution in [0.1, 0.15) is 90.5 Å². The fourth-order valence-corrected chi connectivity index (χ4v) is 3.81. The molecule has 202 valence electrons. The second kappa shape index (κ2) is 22.7. The van der Waals surface area contributed by atoms with Crippen molar-refractivity contribution in [2.24, 2.45) is 5.92 Å². The van der Waals surface area contributed by atoms with Gasteiger partial charge in [0.2, 0.25) is 0 Å². The molecule has 0 aromatic heterocycles. The molecule has 7 heteroatoms. The van der Waals surface area contributed by atoms with Crippen molar-refractivity contribution in [3.63, 3.8) is 0 Å². The van der Waals surface area contributed by atoms with Crippen LogP contribution in [-0.4, -0.2) is 44.4 Å². The van der Waals surface area contributed by atoms with Crippen LogP contribution in [0.25, 0.3) is 0 Å². The van der Waals surface area contributed by atoms with Crippen LogP contribution in [0, 0.1) is 5.92 Å². The molecule has 0 saturated carbocycles. The van der Waals surface area contributed by atoms with E-state index in [1.165, 1.54) is 63.4 Å². The summed E-state index contributed by atoms with van der Waals surface area (Å²) in [4.78, 5) is 23.2. The molecule has 0 aliphatic rings. The number of esters is 1. The largest absolute Gasteiger partial charge is 0.462 e. The Bertz CT molecular complexity index is 643. The lowest BCUT2D eigenvalue weighted by atomic mass is 9.99. The van der Waals surface area contributed by atoms with Gasteiger partial charge in [0.1, 0.15) is 13.2 Å². The van der Waals surface area contributed by atoms with E-state index in [1.807, 2.05) is 6.07 Å². The van der Waals surface area contributed by atoms with Gasteiger partial charge in [0.25, 0.3) is 0 Å². The monoisotopic (exact) mass is 512 g/mol. The topological polar surface area (TPSA) is 76.7 Å². The smallest absolute Gasteiger partial charge is 0.407 e. The maximum absolute atomic E-state index is 11.8. The van der Waals surface area contributed by atoms with Crippen molar-refractivity contribution >= 4 is 24.5 Å². The lowest BCUT2D eigenvalue weighted by molar-refractivity contribution is -0.148. The predicted octanol–water partition coefficient (Wildman–Crippen LogP) is 6.46. The molecule has 0 heterocycles. The number of benzene rings is 1. The number of rotatable bonds is 20. The van der Waals surface area contributed by atoms with E-state index < -0.39 is 6.09 Å². The number of carbonyl (C=O) groups excluding carboxylic acids is 2. The van der Waals surface area contributed by atoms with Crippen molar-refractivity contribution in [2.45, 2.75) is 97.4 Å². The zero-order valence-corrected chi connectivity index (χ0v) is 23.0. The van der Waals surface area contributed by atoms with Crippen LogP contribution in [0.5, 0.6) is 0 Å². The fourth-order valence-electron chi connectivity index (χ4n) is 3.81. The number of unbranched alkanes of at least 4 members (excludes halogenated alkanes) is 8. The lowest BCUT2D eigenvalue weighted by Gasteiger charge is -2.19. The van der Waals surface area contributed by atoms with Gasteiger partial charge in [-0.15, -0.1) is 12.4 Å². The van der Waals surface area contributed by atoms with Gasteiger partial charge in [-0.25, -0.2) is 4.79 Å². The summed E-state index contributed by atoms with van der Waals surface area (Å²) >= 11 is 0. The van der Waals surface area contributed by atoms with Crippen LogP contribution in [-0.2, 0) is 20.7 Å². The third-order valence-corrected chi connectivity index (χ3v) is 5.84. The summed E-state index contributed by atoms with van der Waals surface area (Å²) in [5, 5.41) is 6.36.